The molecule has 0 spiro atoms. The van der Waals surface area contributed by atoms with Crippen molar-refractivity contribution in [3.8, 4) is 17.4 Å². The van der Waals surface area contributed by atoms with Gasteiger partial charge in [-0.05, 0) is 60.7 Å². The van der Waals surface area contributed by atoms with E-state index in [-0.39, 0.29) is 28.3 Å². The van der Waals surface area contributed by atoms with Crippen LogP contribution in [0.5, 0.6) is 17.4 Å². The summed E-state index contributed by atoms with van der Waals surface area (Å²) in [5.74, 6) is 0.628. The Hall–Kier alpha value is -4.75. The number of aromatic nitrogens is 2. The molecule has 206 valence electrons. The standard InChI is InChI=1S/C27H25N5O6S2/c1-36-26-24(28-15-16-29-26)32-40(34,35)21-13-11-19(12-14-21)30-27(39)31-25(33)22-9-5-6-10-23(22)38-18-17-37-20-7-3-2-4-8-20/h2-16H,17-18H2,1H3,(H,28,32)(H2,30,31,33,39). The largest absolute Gasteiger partial charge is 0.490 e. The zero-order chi connectivity index (χ0) is 28.4. The van der Waals surface area contributed by atoms with E-state index in [1.54, 1.807) is 24.3 Å². The summed E-state index contributed by atoms with van der Waals surface area (Å²) in [5.41, 5.74) is 0.752. The van der Waals surface area contributed by atoms with Gasteiger partial charge >= 0.3 is 0 Å². The molecule has 0 bridgehead atoms. The van der Waals surface area contributed by atoms with Crippen LogP contribution in [0.25, 0.3) is 0 Å². The molecule has 4 aromatic rings. The van der Waals surface area contributed by atoms with Crippen LogP contribution in [-0.2, 0) is 10.0 Å². The second-order valence-electron chi connectivity index (χ2n) is 7.96. The number of thiocarbonyl (C=S) groups is 1. The third-order valence-corrected chi connectivity index (χ3v) is 6.78. The van der Waals surface area contributed by atoms with Crippen LogP contribution in [0, 0.1) is 0 Å². The SMILES string of the molecule is COc1nccnc1NS(=O)(=O)c1ccc(NC(=S)NC(=O)c2ccccc2OCCOc2ccccc2)cc1. The first-order valence-electron chi connectivity index (χ1n) is 11.9. The van der Waals surface area contributed by atoms with E-state index in [0.29, 0.717) is 23.6 Å². The van der Waals surface area contributed by atoms with E-state index in [1.165, 1.54) is 43.8 Å². The Labute approximate surface area is 236 Å². The van der Waals surface area contributed by atoms with E-state index in [9.17, 15) is 13.2 Å². The molecule has 4 rings (SSSR count). The quantitative estimate of drug-likeness (QED) is 0.177. The molecule has 1 amide bonds. The van der Waals surface area contributed by atoms with Crippen LogP contribution in [-0.4, -0.2) is 49.7 Å². The topological polar surface area (TPSA) is 141 Å². The lowest BCUT2D eigenvalue weighted by molar-refractivity contribution is 0.0972. The maximum atomic E-state index is 12.9. The predicted molar refractivity (Wildman–Crippen MR) is 153 cm³/mol. The van der Waals surface area contributed by atoms with Gasteiger partial charge in [0.15, 0.2) is 5.11 Å². The van der Waals surface area contributed by atoms with E-state index < -0.39 is 15.9 Å². The fourth-order valence-corrected chi connectivity index (χ4v) is 4.61. The average molecular weight is 580 g/mol. The highest BCUT2D eigenvalue weighted by Crippen LogP contribution is 2.22. The van der Waals surface area contributed by atoms with Crippen molar-refractivity contribution in [2.75, 3.05) is 30.4 Å². The second kappa shape index (κ2) is 13.4. The van der Waals surface area contributed by atoms with Crippen LogP contribution in [0.1, 0.15) is 10.4 Å². The molecule has 40 heavy (non-hydrogen) atoms. The van der Waals surface area contributed by atoms with Crippen LogP contribution in [0.15, 0.2) is 96.2 Å². The molecular weight excluding hydrogens is 554 g/mol. The third kappa shape index (κ3) is 7.65. The molecule has 0 aliphatic rings. The minimum atomic E-state index is -3.96. The number of para-hydroxylation sites is 2. The van der Waals surface area contributed by atoms with Gasteiger partial charge < -0.3 is 19.5 Å². The van der Waals surface area contributed by atoms with Crippen molar-refractivity contribution in [1.82, 2.24) is 15.3 Å². The summed E-state index contributed by atoms with van der Waals surface area (Å²) < 4.78 is 44.2. The van der Waals surface area contributed by atoms with E-state index in [1.807, 2.05) is 30.3 Å². The molecule has 0 radical (unpaired) electrons. The van der Waals surface area contributed by atoms with Crippen molar-refractivity contribution in [1.29, 1.82) is 0 Å². The summed E-state index contributed by atoms with van der Waals surface area (Å²) in [5, 5.41) is 5.48. The maximum Gasteiger partial charge on any atom is 0.263 e. The molecule has 1 aromatic heterocycles. The number of amides is 1. The molecule has 0 aliphatic heterocycles. The van der Waals surface area contributed by atoms with Gasteiger partial charge in [-0.15, -0.1) is 0 Å². The van der Waals surface area contributed by atoms with Gasteiger partial charge in [-0.2, -0.15) is 0 Å². The number of carbonyl (C=O) groups is 1. The highest BCUT2D eigenvalue weighted by Gasteiger charge is 2.18. The van der Waals surface area contributed by atoms with Crippen LogP contribution >= 0.6 is 12.2 Å². The van der Waals surface area contributed by atoms with E-state index in [0.717, 1.165) is 5.75 Å². The van der Waals surface area contributed by atoms with Gasteiger partial charge in [-0.25, -0.2) is 18.4 Å². The molecule has 3 aromatic carbocycles. The number of rotatable bonds is 11. The highest BCUT2D eigenvalue weighted by atomic mass is 32.2. The average Bonchev–Trinajstić information content (AvgIpc) is 2.96. The van der Waals surface area contributed by atoms with Gasteiger partial charge in [0.1, 0.15) is 24.7 Å². The van der Waals surface area contributed by atoms with Gasteiger partial charge in [-0.3, -0.25) is 14.8 Å². The van der Waals surface area contributed by atoms with Gasteiger partial charge in [0, 0.05) is 18.1 Å². The van der Waals surface area contributed by atoms with Gasteiger partial charge in [0.25, 0.3) is 21.8 Å². The zero-order valence-corrected chi connectivity index (χ0v) is 22.9. The number of carbonyl (C=O) groups excluding carboxylic acids is 1. The number of nitrogens with zero attached hydrogens (tertiary/aromatic N) is 2. The van der Waals surface area contributed by atoms with Crippen molar-refractivity contribution in [2.24, 2.45) is 0 Å². The number of anilines is 2. The molecule has 0 unspecified atom stereocenters. The Morgan fingerprint density at radius 3 is 2.30 bits per heavy atom. The van der Waals surface area contributed by atoms with Gasteiger partial charge in [0.2, 0.25) is 5.82 Å². The third-order valence-electron chi connectivity index (χ3n) is 5.22. The van der Waals surface area contributed by atoms with Crippen LogP contribution in [0.4, 0.5) is 11.5 Å². The molecule has 0 atom stereocenters. The van der Waals surface area contributed by atoms with E-state index in [2.05, 4.69) is 25.3 Å². The molecule has 1 heterocycles. The number of hydrogen-bond acceptors (Lipinski definition) is 9. The highest BCUT2D eigenvalue weighted by molar-refractivity contribution is 7.92. The Morgan fingerprint density at radius 1 is 0.875 bits per heavy atom. The van der Waals surface area contributed by atoms with Gasteiger partial charge in [0.05, 0.1) is 17.6 Å². The van der Waals surface area contributed by atoms with Crippen LogP contribution in [0.3, 0.4) is 0 Å². The zero-order valence-electron chi connectivity index (χ0n) is 21.2. The molecule has 0 fully saturated rings. The van der Waals surface area contributed by atoms with Crippen molar-refractivity contribution in [3.05, 3.63) is 96.8 Å². The number of hydrogen-bond donors (Lipinski definition) is 3. The summed E-state index contributed by atoms with van der Waals surface area (Å²) in [6.07, 6.45) is 2.72. The Bertz CT molecular complexity index is 1570. The summed E-state index contributed by atoms with van der Waals surface area (Å²) >= 11 is 5.27. The summed E-state index contributed by atoms with van der Waals surface area (Å²) in [6.45, 7) is 0.531. The fourth-order valence-electron chi connectivity index (χ4n) is 3.39. The first kappa shape index (κ1) is 28.3. The maximum absolute atomic E-state index is 12.9. The summed E-state index contributed by atoms with van der Waals surface area (Å²) in [4.78, 5) is 20.7. The number of methoxy groups -OCH3 is 1. The molecular formula is C27H25N5O6S2. The summed E-state index contributed by atoms with van der Waals surface area (Å²) in [6, 6.07) is 21.9. The lowest BCUT2D eigenvalue weighted by Crippen LogP contribution is -2.34. The molecule has 3 N–H and O–H groups in total. The Morgan fingerprint density at radius 2 is 1.55 bits per heavy atom. The molecule has 11 nitrogen and oxygen atoms in total. The van der Waals surface area contributed by atoms with Crippen molar-refractivity contribution in [2.45, 2.75) is 4.90 Å². The first-order valence-corrected chi connectivity index (χ1v) is 13.7. The molecule has 0 saturated carbocycles. The van der Waals surface area contributed by atoms with E-state index >= 15 is 0 Å². The van der Waals surface area contributed by atoms with Gasteiger partial charge in [-0.1, -0.05) is 30.3 Å². The lowest BCUT2D eigenvalue weighted by atomic mass is 10.2. The number of benzene rings is 3. The molecule has 0 saturated heterocycles. The normalized spacial score (nSPS) is 10.7. The lowest BCUT2D eigenvalue weighted by Gasteiger charge is -2.14. The van der Waals surface area contributed by atoms with Crippen LogP contribution < -0.4 is 29.6 Å². The van der Waals surface area contributed by atoms with Crippen LogP contribution in [0.2, 0.25) is 0 Å². The Balaban J connectivity index is 1.32. The van der Waals surface area contributed by atoms with E-state index in [4.69, 9.17) is 26.4 Å². The second-order valence-corrected chi connectivity index (χ2v) is 10.0. The fraction of sp³-hybridized carbons (Fsp3) is 0.111. The number of sulfonamides is 1. The number of nitrogens with one attached hydrogen (secondary N) is 3. The minimum Gasteiger partial charge on any atom is -0.490 e. The summed E-state index contributed by atoms with van der Waals surface area (Å²) in [7, 11) is -2.60. The monoisotopic (exact) mass is 579 g/mol. The number of ether oxygens (including phenoxy) is 3. The van der Waals surface area contributed by atoms with Crippen molar-refractivity contribution < 1.29 is 27.4 Å². The smallest absolute Gasteiger partial charge is 0.263 e. The van der Waals surface area contributed by atoms with Crippen molar-refractivity contribution >= 4 is 44.8 Å². The Kier molecular flexibility index (Phi) is 9.44. The predicted octanol–water partition coefficient (Wildman–Crippen LogP) is 3.87. The first-order chi connectivity index (χ1) is 19.4. The van der Waals surface area contributed by atoms with Crippen molar-refractivity contribution in [3.63, 3.8) is 0 Å². The minimum absolute atomic E-state index is 0.0187. The molecule has 0 aliphatic carbocycles. The molecule has 13 heteroatoms.